The van der Waals surface area contributed by atoms with Crippen molar-refractivity contribution in [3.8, 4) is 5.75 Å². The van der Waals surface area contributed by atoms with Crippen molar-refractivity contribution in [1.29, 1.82) is 0 Å². The van der Waals surface area contributed by atoms with Gasteiger partial charge in [-0.3, -0.25) is 4.79 Å². The highest BCUT2D eigenvalue weighted by molar-refractivity contribution is 5.94. The van der Waals surface area contributed by atoms with Crippen LogP contribution in [0.5, 0.6) is 5.75 Å². The predicted molar refractivity (Wildman–Crippen MR) is 80.1 cm³/mol. The van der Waals surface area contributed by atoms with Gasteiger partial charge in [-0.05, 0) is 44.0 Å². The number of methoxy groups -OCH3 is 1. The fourth-order valence-electron chi connectivity index (χ4n) is 2.52. The molecule has 1 heterocycles. The summed E-state index contributed by atoms with van der Waals surface area (Å²) in [6.07, 6.45) is 2.42. The van der Waals surface area contributed by atoms with Crippen molar-refractivity contribution >= 4 is 5.91 Å². The highest BCUT2D eigenvalue weighted by Crippen LogP contribution is 2.16. The molecule has 5 heteroatoms. The van der Waals surface area contributed by atoms with Crippen molar-refractivity contribution < 1.29 is 13.9 Å². The first-order chi connectivity index (χ1) is 10.1. The van der Waals surface area contributed by atoms with Gasteiger partial charge in [0.05, 0.1) is 12.7 Å². The van der Waals surface area contributed by atoms with E-state index in [1.165, 1.54) is 32.1 Å². The number of amides is 1. The van der Waals surface area contributed by atoms with E-state index >= 15 is 0 Å². The first-order valence-electron chi connectivity index (χ1n) is 7.44. The maximum Gasteiger partial charge on any atom is 0.254 e. The summed E-state index contributed by atoms with van der Waals surface area (Å²) in [5.41, 5.74) is 0.0584. The third-order valence-electron chi connectivity index (χ3n) is 4.01. The first-order valence-corrected chi connectivity index (χ1v) is 7.44. The van der Waals surface area contributed by atoms with Gasteiger partial charge in [-0.1, -0.05) is 6.92 Å². The zero-order chi connectivity index (χ0) is 15.2. The molecule has 1 aliphatic rings. The molecule has 1 amide bonds. The van der Waals surface area contributed by atoms with E-state index in [9.17, 15) is 9.18 Å². The lowest BCUT2D eigenvalue weighted by Gasteiger charge is -2.30. The molecule has 0 atom stereocenters. The maximum atomic E-state index is 13.8. The molecule has 116 valence electrons. The topological polar surface area (TPSA) is 41.6 Å². The average molecular weight is 294 g/mol. The van der Waals surface area contributed by atoms with Crippen LogP contribution in [0.3, 0.4) is 0 Å². The lowest BCUT2D eigenvalue weighted by molar-refractivity contribution is 0.0940. The molecule has 0 spiro atoms. The largest absolute Gasteiger partial charge is 0.497 e. The van der Waals surface area contributed by atoms with Gasteiger partial charge in [-0.2, -0.15) is 0 Å². The van der Waals surface area contributed by atoms with E-state index in [4.69, 9.17) is 4.74 Å². The van der Waals surface area contributed by atoms with E-state index in [1.54, 1.807) is 6.07 Å². The van der Waals surface area contributed by atoms with Crippen LogP contribution < -0.4 is 10.1 Å². The van der Waals surface area contributed by atoms with E-state index in [0.717, 1.165) is 25.6 Å². The molecule has 1 N–H and O–H groups in total. The number of rotatable bonds is 5. The van der Waals surface area contributed by atoms with E-state index in [0.29, 0.717) is 12.3 Å². The molecular formula is C16H23FN2O2. The molecule has 1 aliphatic heterocycles. The number of ether oxygens (including phenoxy) is 1. The van der Waals surface area contributed by atoms with E-state index in [-0.39, 0.29) is 11.5 Å². The van der Waals surface area contributed by atoms with Gasteiger partial charge in [0.15, 0.2) is 0 Å². The number of hydrogen-bond donors (Lipinski definition) is 1. The number of likely N-dealkylation sites (tertiary alicyclic amines) is 1. The van der Waals surface area contributed by atoms with Crippen LogP contribution in [0.4, 0.5) is 4.39 Å². The second-order valence-electron chi connectivity index (χ2n) is 5.63. The molecule has 0 bridgehead atoms. The van der Waals surface area contributed by atoms with Crippen molar-refractivity contribution in [3.05, 3.63) is 29.6 Å². The van der Waals surface area contributed by atoms with Gasteiger partial charge >= 0.3 is 0 Å². The average Bonchev–Trinajstić information content (AvgIpc) is 2.49. The van der Waals surface area contributed by atoms with E-state index in [1.807, 2.05) is 0 Å². The van der Waals surface area contributed by atoms with Gasteiger partial charge in [-0.15, -0.1) is 0 Å². The molecule has 0 aliphatic carbocycles. The van der Waals surface area contributed by atoms with Crippen LogP contribution in [-0.2, 0) is 0 Å². The van der Waals surface area contributed by atoms with E-state index in [2.05, 4.69) is 17.1 Å². The molecular weight excluding hydrogens is 271 g/mol. The Morgan fingerprint density at radius 1 is 1.43 bits per heavy atom. The zero-order valence-electron chi connectivity index (χ0n) is 12.7. The van der Waals surface area contributed by atoms with Gasteiger partial charge in [0, 0.05) is 19.2 Å². The third-order valence-corrected chi connectivity index (χ3v) is 4.01. The van der Waals surface area contributed by atoms with Crippen molar-refractivity contribution in [1.82, 2.24) is 10.2 Å². The number of piperidine rings is 1. The molecule has 0 radical (unpaired) electrons. The number of nitrogens with zero attached hydrogens (tertiary/aromatic N) is 1. The van der Waals surface area contributed by atoms with Gasteiger partial charge < -0.3 is 15.0 Å². The Morgan fingerprint density at radius 2 is 2.14 bits per heavy atom. The number of carbonyl (C=O) groups excluding carboxylic acids is 1. The second-order valence-corrected chi connectivity index (χ2v) is 5.63. The van der Waals surface area contributed by atoms with Gasteiger partial charge in [0.1, 0.15) is 11.6 Å². The third kappa shape index (κ3) is 4.43. The fourth-order valence-corrected chi connectivity index (χ4v) is 2.52. The molecule has 21 heavy (non-hydrogen) atoms. The number of halogens is 1. The molecule has 1 saturated heterocycles. The van der Waals surface area contributed by atoms with Gasteiger partial charge in [0.25, 0.3) is 5.91 Å². The van der Waals surface area contributed by atoms with Crippen molar-refractivity contribution in [2.75, 3.05) is 33.3 Å². The highest BCUT2D eigenvalue weighted by atomic mass is 19.1. The monoisotopic (exact) mass is 294 g/mol. The summed E-state index contributed by atoms with van der Waals surface area (Å²) in [7, 11) is 1.47. The number of carbonyl (C=O) groups is 1. The molecule has 0 unspecified atom stereocenters. The normalized spacial score (nSPS) is 16.7. The molecule has 0 aromatic heterocycles. The number of nitrogens with one attached hydrogen (secondary N) is 1. The highest BCUT2D eigenvalue weighted by Gasteiger charge is 2.16. The lowest BCUT2D eigenvalue weighted by atomic mass is 9.99. The summed E-state index contributed by atoms with van der Waals surface area (Å²) in [4.78, 5) is 14.3. The Labute approximate surface area is 125 Å². The second kappa shape index (κ2) is 7.41. The molecule has 2 rings (SSSR count). The van der Waals surface area contributed by atoms with Crippen LogP contribution in [0.15, 0.2) is 18.2 Å². The Morgan fingerprint density at radius 3 is 2.76 bits per heavy atom. The Balaban J connectivity index is 1.79. The van der Waals surface area contributed by atoms with E-state index < -0.39 is 5.82 Å². The van der Waals surface area contributed by atoms with Crippen LogP contribution >= 0.6 is 0 Å². The van der Waals surface area contributed by atoms with Crippen LogP contribution in [0.2, 0.25) is 0 Å². The molecule has 1 fully saturated rings. The summed E-state index contributed by atoms with van der Waals surface area (Å²) < 4.78 is 18.7. The minimum Gasteiger partial charge on any atom is -0.497 e. The minimum absolute atomic E-state index is 0.0584. The van der Waals surface area contributed by atoms with Crippen LogP contribution in [0, 0.1) is 11.7 Å². The Kier molecular flexibility index (Phi) is 5.56. The van der Waals surface area contributed by atoms with Crippen LogP contribution in [-0.4, -0.2) is 44.1 Å². The first kappa shape index (κ1) is 15.8. The number of hydrogen-bond acceptors (Lipinski definition) is 3. The Bertz CT molecular complexity index is 485. The lowest BCUT2D eigenvalue weighted by Crippen LogP contribution is -2.39. The van der Waals surface area contributed by atoms with Crippen molar-refractivity contribution in [2.45, 2.75) is 19.8 Å². The summed E-state index contributed by atoms with van der Waals surface area (Å²) >= 11 is 0. The minimum atomic E-state index is -0.557. The van der Waals surface area contributed by atoms with Gasteiger partial charge in [-0.25, -0.2) is 4.39 Å². The number of benzene rings is 1. The van der Waals surface area contributed by atoms with Gasteiger partial charge in [0.2, 0.25) is 0 Å². The summed E-state index contributed by atoms with van der Waals surface area (Å²) in [5.74, 6) is 0.273. The predicted octanol–water partition coefficient (Wildman–Crippen LogP) is 2.30. The quantitative estimate of drug-likeness (QED) is 0.906. The van der Waals surface area contributed by atoms with Crippen LogP contribution in [0.25, 0.3) is 0 Å². The SMILES string of the molecule is COc1ccc(C(=O)NCCN2CCC(C)CC2)c(F)c1. The van der Waals surface area contributed by atoms with Crippen LogP contribution in [0.1, 0.15) is 30.1 Å². The van der Waals surface area contributed by atoms with Crippen molar-refractivity contribution in [2.24, 2.45) is 5.92 Å². The molecule has 1 aromatic carbocycles. The standard InChI is InChI=1S/C16H23FN2O2/c1-12-5-8-19(9-6-12)10-7-18-16(20)14-4-3-13(21-2)11-15(14)17/h3-4,11-12H,5-10H2,1-2H3,(H,18,20). The summed E-state index contributed by atoms with van der Waals surface area (Å²) in [5, 5.41) is 2.77. The Hall–Kier alpha value is -1.62. The maximum absolute atomic E-state index is 13.8. The summed E-state index contributed by atoms with van der Waals surface area (Å²) in [6.45, 7) is 5.78. The summed E-state index contributed by atoms with van der Waals surface area (Å²) in [6, 6.07) is 4.26. The van der Waals surface area contributed by atoms with Crippen molar-refractivity contribution in [3.63, 3.8) is 0 Å². The molecule has 0 saturated carbocycles. The fraction of sp³-hybridized carbons (Fsp3) is 0.562. The molecule has 4 nitrogen and oxygen atoms in total. The zero-order valence-corrected chi connectivity index (χ0v) is 12.7. The molecule has 1 aromatic rings. The smallest absolute Gasteiger partial charge is 0.254 e.